The molecule has 1 aliphatic rings. The third kappa shape index (κ3) is 2.68. The number of ketones is 1. The monoisotopic (exact) mass is 309 g/mol. The maximum absolute atomic E-state index is 12.2. The molecule has 0 bridgehead atoms. The van der Waals surface area contributed by atoms with Gasteiger partial charge >= 0.3 is 0 Å². The van der Waals surface area contributed by atoms with Crippen LogP contribution in [-0.2, 0) is 9.59 Å². The molecule has 1 aliphatic heterocycles. The zero-order valence-electron chi connectivity index (χ0n) is 12.4. The summed E-state index contributed by atoms with van der Waals surface area (Å²) in [5.74, 6) is -0.951. The lowest BCUT2D eigenvalue weighted by Crippen LogP contribution is -2.21. The number of aliphatic hydroxyl groups is 1. The van der Waals surface area contributed by atoms with E-state index in [1.165, 1.54) is 0 Å². The van der Waals surface area contributed by atoms with E-state index >= 15 is 0 Å². The Balaban J connectivity index is 2.08. The number of Topliss-reactive ketones (excluding diaryl/α,β-unsaturated/α-hetero) is 1. The Morgan fingerprint density at radius 2 is 1.70 bits per heavy atom. The molecule has 116 valence electrons. The highest BCUT2D eigenvalue weighted by Crippen LogP contribution is 2.33. The second kappa shape index (κ2) is 5.96. The quantitative estimate of drug-likeness (QED) is 0.518. The maximum atomic E-state index is 12.2. The van der Waals surface area contributed by atoms with Gasteiger partial charge in [0.15, 0.2) is 0 Å². The van der Waals surface area contributed by atoms with Crippen molar-refractivity contribution in [3.8, 4) is 5.75 Å². The van der Waals surface area contributed by atoms with E-state index in [1.807, 2.05) is 6.07 Å². The molecule has 0 saturated carbocycles. The molecule has 2 aromatic rings. The van der Waals surface area contributed by atoms with E-state index in [0.29, 0.717) is 16.9 Å². The number of hydrogen-bond donors (Lipinski definition) is 2. The Morgan fingerprint density at radius 1 is 1.04 bits per heavy atom. The van der Waals surface area contributed by atoms with Gasteiger partial charge in [0, 0.05) is 5.56 Å². The van der Waals surface area contributed by atoms with Gasteiger partial charge in [0.1, 0.15) is 11.5 Å². The zero-order valence-corrected chi connectivity index (χ0v) is 12.4. The molecule has 1 atom stereocenters. The Bertz CT molecular complexity index is 778. The summed E-state index contributed by atoms with van der Waals surface area (Å²) in [5, 5.41) is 13.1. The maximum Gasteiger partial charge on any atom is 0.293 e. The molecule has 0 aromatic heterocycles. The van der Waals surface area contributed by atoms with Crippen molar-refractivity contribution in [3.63, 3.8) is 0 Å². The van der Waals surface area contributed by atoms with Crippen LogP contribution < -0.4 is 10.1 Å². The van der Waals surface area contributed by atoms with Crippen LogP contribution in [0.3, 0.4) is 0 Å². The van der Waals surface area contributed by atoms with Crippen LogP contribution >= 0.6 is 0 Å². The lowest BCUT2D eigenvalue weighted by Gasteiger charge is -2.14. The second-order valence-corrected chi connectivity index (χ2v) is 5.14. The van der Waals surface area contributed by atoms with Crippen LogP contribution in [0, 0.1) is 0 Å². The zero-order chi connectivity index (χ0) is 16.4. The molecule has 23 heavy (non-hydrogen) atoms. The van der Waals surface area contributed by atoms with Gasteiger partial charge in [0.25, 0.3) is 11.7 Å². The highest BCUT2D eigenvalue weighted by molar-refractivity contribution is 6.46. The number of benzene rings is 2. The van der Waals surface area contributed by atoms with Crippen LogP contribution in [0.5, 0.6) is 5.75 Å². The number of carbonyl (C=O) groups is 2. The predicted octanol–water partition coefficient (Wildman–Crippen LogP) is 2.40. The van der Waals surface area contributed by atoms with Gasteiger partial charge < -0.3 is 15.2 Å². The summed E-state index contributed by atoms with van der Waals surface area (Å²) in [7, 11) is 1.56. The average molecular weight is 309 g/mol. The minimum absolute atomic E-state index is 0.0615. The van der Waals surface area contributed by atoms with Crippen LogP contribution in [0.1, 0.15) is 17.2 Å². The first-order chi connectivity index (χ1) is 11.1. The Hall–Kier alpha value is -3.08. The van der Waals surface area contributed by atoms with E-state index in [-0.39, 0.29) is 11.3 Å². The largest absolute Gasteiger partial charge is 0.507 e. The first-order valence-corrected chi connectivity index (χ1v) is 7.09. The lowest BCUT2D eigenvalue weighted by atomic mass is 9.96. The topological polar surface area (TPSA) is 75.6 Å². The van der Waals surface area contributed by atoms with Crippen LogP contribution in [0.4, 0.5) is 0 Å². The molecule has 1 unspecified atom stereocenters. The van der Waals surface area contributed by atoms with E-state index < -0.39 is 17.7 Å². The first-order valence-electron chi connectivity index (χ1n) is 7.09. The fourth-order valence-electron chi connectivity index (χ4n) is 2.56. The summed E-state index contributed by atoms with van der Waals surface area (Å²) in [4.78, 5) is 24.0. The standard InChI is InChI=1S/C18H15NO4/c1-23-13-9-7-11(8-10-13)15-14(17(21)18(22)19-15)16(20)12-5-3-2-4-6-12/h2-10,15,20H,1H3,(H,19,22)/b16-14+. The number of hydrogen-bond acceptors (Lipinski definition) is 4. The Labute approximate surface area is 133 Å². The third-order valence-corrected chi connectivity index (χ3v) is 3.77. The van der Waals surface area contributed by atoms with Crippen molar-refractivity contribution >= 4 is 17.4 Å². The fraction of sp³-hybridized carbons (Fsp3) is 0.111. The van der Waals surface area contributed by atoms with Gasteiger partial charge in [0.05, 0.1) is 18.7 Å². The van der Waals surface area contributed by atoms with E-state index in [2.05, 4.69) is 5.32 Å². The molecule has 5 heteroatoms. The van der Waals surface area contributed by atoms with Crippen molar-refractivity contribution in [3.05, 3.63) is 71.3 Å². The summed E-state index contributed by atoms with van der Waals surface area (Å²) in [6.45, 7) is 0. The minimum Gasteiger partial charge on any atom is -0.507 e. The van der Waals surface area contributed by atoms with Crippen LogP contribution in [0.25, 0.3) is 5.76 Å². The summed E-state index contributed by atoms with van der Waals surface area (Å²) < 4.78 is 5.10. The Morgan fingerprint density at radius 3 is 2.30 bits per heavy atom. The van der Waals surface area contributed by atoms with E-state index in [9.17, 15) is 14.7 Å². The van der Waals surface area contributed by atoms with E-state index in [0.717, 1.165) is 0 Å². The molecule has 0 spiro atoms. The molecule has 1 amide bonds. The number of methoxy groups -OCH3 is 1. The Kier molecular flexibility index (Phi) is 3.85. The van der Waals surface area contributed by atoms with E-state index in [1.54, 1.807) is 55.6 Å². The van der Waals surface area contributed by atoms with Crippen LogP contribution in [0.15, 0.2) is 60.2 Å². The number of rotatable bonds is 3. The summed E-state index contributed by atoms with van der Waals surface area (Å²) >= 11 is 0. The molecule has 0 radical (unpaired) electrons. The molecular weight excluding hydrogens is 294 g/mol. The lowest BCUT2D eigenvalue weighted by molar-refractivity contribution is -0.133. The minimum atomic E-state index is -0.719. The number of carbonyl (C=O) groups excluding carboxylic acids is 2. The number of nitrogens with one attached hydrogen (secondary N) is 1. The summed E-state index contributed by atoms with van der Waals surface area (Å²) in [6, 6.07) is 15.0. The van der Waals surface area contributed by atoms with Gasteiger partial charge in [0.2, 0.25) is 0 Å². The highest BCUT2D eigenvalue weighted by atomic mass is 16.5. The van der Waals surface area contributed by atoms with Crippen molar-refractivity contribution in [2.45, 2.75) is 6.04 Å². The molecule has 0 aliphatic carbocycles. The predicted molar refractivity (Wildman–Crippen MR) is 84.9 cm³/mol. The summed E-state index contributed by atoms with van der Waals surface area (Å²) in [6.07, 6.45) is 0. The van der Waals surface area contributed by atoms with Gasteiger partial charge in [-0.1, -0.05) is 42.5 Å². The number of aliphatic hydroxyl groups excluding tert-OH is 1. The molecule has 2 aromatic carbocycles. The first kappa shape index (κ1) is 14.8. The normalized spacial score (nSPS) is 19.4. The van der Waals surface area contributed by atoms with E-state index in [4.69, 9.17) is 4.74 Å². The molecular formula is C18H15NO4. The third-order valence-electron chi connectivity index (χ3n) is 3.77. The van der Waals surface area contributed by atoms with Crippen molar-refractivity contribution in [2.75, 3.05) is 7.11 Å². The molecule has 3 rings (SSSR count). The van der Waals surface area contributed by atoms with Crippen molar-refractivity contribution in [2.24, 2.45) is 0 Å². The molecule has 2 N–H and O–H groups in total. The van der Waals surface area contributed by atoms with Gasteiger partial charge in [-0.15, -0.1) is 0 Å². The number of amides is 1. The molecule has 1 fully saturated rings. The van der Waals surface area contributed by atoms with Gasteiger partial charge in [-0.05, 0) is 17.7 Å². The van der Waals surface area contributed by atoms with Crippen molar-refractivity contribution in [1.29, 1.82) is 0 Å². The molecule has 5 nitrogen and oxygen atoms in total. The van der Waals surface area contributed by atoms with Gasteiger partial charge in [-0.3, -0.25) is 9.59 Å². The summed E-state index contributed by atoms with van der Waals surface area (Å²) in [5.41, 5.74) is 1.25. The second-order valence-electron chi connectivity index (χ2n) is 5.14. The number of ether oxygens (including phenoxy) is 1. The van der Waals surface area contributed by atoms with Crippen LogP contribution in [0.2, 0.25) is 0 Å². The van der Waals surface area contributed by atoms with Crippen LogP contribution in [-0.4, -0.2) is 23.9 Å². The van der Waals surface area contributed by atoms with Crippen molar-refractivity contribution < 1.29 is 19.4 Å². The van der Waals surface area contributed by atoms with Crippen molar-refractivity contribution in [1.82, 2.24) is 5.32 Å². The van der Waals surface area contributed by atoms with Gasteiger partial charge in [-0.2, -0.15) is 0 Å². The smallest absolute Gasteiger partial charge is 0.293 e. The molecule has 1 heterocycles. The van der Waals surface area contributed by atoms with Gasteiger partial charge in [-0.25, -0.2) is 0 Å². The fourth-order valence-corrected chi connectivity index (χ4v) is 2.56. The average Bonchev–Trinajstić information content (AvgIpc) is 2.90. The molecule has 1 saturated heterocycles. The highest BCUT2D eigenvalue weighted by Gasteiger charge is 2.39. The SMILES string of the molecule is COc1ccc(C2NC(=O)C(=O)/C2=C(/O)c2ccccc2)cc1.